The number of rotatable bonds is 3. The van der Waals surface area contributed by atoms with Gasteiger partial charge in [-0.3, -0.25) is 0 Å². The molecule has 21 heavy (non-hydrogen) atoms. The van der Waals surface area contributed by atoms with Gasteiger partial charge in [-0.2, -0.15) is 4.98 Å². The van der Waals surface area contributed by atoms with Crippen molar-refractivity contribution in [3.63, 3.8) is 0 Å². The maximum Gasteiger partial charge on any atom is 0.277 e. The molecule has 114 valence electrons. The number of nitrogen functional groups attached to an aromatic ring is 1. The van der Waals surface area contributed by atoms with Crippen LogP contribution >= 0.6 is 11.3 Å². The van der Waals surface area contributed by atoms with Crippen molar-refractivity contribution in [1.82, 2.24) is 15.1 Å². The second-order valence-corrected chi connectivity index (χ2v) is 7.25. The molecule has 0 atom stereocenters. The Balaban J connectivity index is 1.87. The summed E-state index contributed by atoms with van der Waals surface area (Å²) in [7, 11) is 1.72. The van der Waals surface area contributed by atoms with Crippen LogP contribution in [0.25, 0.3) is 11.6 Å². The fourth-order valence-electron chi connectivity index (χ4n) is 2.75. The van der Waals surface area contributed by atoms with Crippen LogP contribution < -0.4 is 5.73 Å². The zero-order valence-corrected chi connectivity index (χ0v) is 13.4. The predicted octanol–water partition coefficient (Wildman–Crippen LogP) is 3.22. The predicted molar refractivity (Wildman–Crippen MR) is 80.8 cm³/mol. The lowest BCUT2D eigenvalue weighted by Crippen LogP contribution is -2.37. The van der Waals surface area contributed by atoms with Gasteiger partial charge in [0.25, 0.3) is 5.89 Å². The summed E-state index contributed by atoms with van der Waals surface area (Å²) in [4.78, 5) is 8.66. The van der Waals surface area contributed by atoms with E-state index in [9.17, 15) is 0 Å². The molecule has 0 aromatic carbocycles. The zero-order valence-electron chi connectivity index (χ0n) is 12.5. The molecule has 0 saturated heterocycles. The van der Waals surface area contributed by atoms with E-state index >= 15 is 0 Å². The summed E-state index contributed by atoms with van der Waals surface area (Å²) in [5.74, 6) is 1.02. The first-order chi connectivity index (χ1) is 9.94. The standard InChI is InChI=1S/C14H20N4O2S/c1-13(2)4-6-14(19-3,7-5-13)11-17-10(20-18-11)9-8-21-12(15)16-9/h8H,4-7H2,1-3H3,(H2,15,16). The number of hydrogen-bond acceptors (Lipinski definition) is 7. The van der Waals surface area contributed by atoms with Crippen LogP contribution in [0.5, 0.6) is 0 Å². The molecule has 1 aliphatic rings. The summed E-state index contributed by atoms with van der Waals surface area (Å²) < 4.78 is 11.1. The maximum absolute atomic E-state index is 5.79. The first-order valence-electron chi connectivity index (χ1n) is 7.05. The largest absolute Gasteiger partial charge is 0.375 e. The monoisotopic (exact) mass is 308 g/mol. The summed E-state index contributed by atoms with van der Waals surface area (Å²) in [5.41, 5.74) is 6.16. The minimum absolute atomic E-state index is 0.345. The van der Waals surface area contributed by atoms with Crippen molar-refractivity contribution in [3.05, 3.63) is 11.2 Å². The quantitative estimate of drug-likeness (QED) is 0.936. The maximum atomic E-state index is 5.79. The fraction of sp³-hybridized carbons (Fsp3) is 0.643. The summed E-state index contributed by atoms with van der Waals surface area (Å²) >= 11 is 1.36. The van der Waals surface area contributed by atoms with Gasteiger partial charge in [-0.1, -0.05) is 19.0 Å². The van der Waals surface area contributed by atoms with Gasteiger partial charge in [0, 0.05) is 12.5 Å². The van der Waals surface area contributed by atoms with Crippen LogP contribution in [0, 0.1) is 5.41 Å². The molecular formula is C14H20N4O2S. The van der Waals surface area contributed by atoms with Crippen LogP contribution in [0.1, 0.15) is 45.4 Å². The number of hydrogen-bond donors (Lipinski definition) is 1. The Kier molecular flexibility index (Phi) is 3.49. The van der Waals surface area contributed by atoms with Gasteiger partial charge in [0.15, 0.2) is 5.13 Å². The number of thiazole rings is 1. The molecule has 1 saturated carbocycles. The lowest BCUT2D eigenvalue weighted by molar-refractivity contribution is -0.0740. The van der Waals surface area contributed by atoms with E-state index < -0.39 is 5.60 Å². The Labute approximate surface area is 127 Å². The second-order valence-electron chi connectivity index (χ2n) is 6.36. The molecule has 3 rings (SSSR count). The van der Waals surface area contributed by atoms with E-state index in [0.717, 1.165) is 25.7 Å². The zero-order chi connectivity index (χ0) is 15.1. The van der Waals surface area contributed by atoms with E-state index in [-0.39, 0.29) is 0 Å². The molecule has 0 bridgehead atoms. The Morgan fingerprint density at radius 1 is 1.24 bits per heavy atom. The first-order valence-corrected chi connectivity index (χ1v) is 7.93. The molecule has 2 heterocycles. The molecule has 0 radical (unpaired) electrons. The Morgan fingerprint density at radius 2 is 1.95 bits per heavy atom. The highest BCUT2D eigenvalue weighted by Crippen LogP contribution is 2.46. The lowest BCUT2D eigenvalue weighted by atomic mass is 9.70. The minimum atomic E-state index is -0.446. The summed E-state index contributed by atoms with van der Waals surface area (Å²) in [6, 6.07) is 0. The molecule has 0 aliphatic heterocycles. The average molecular weight is 308 g/mol. The van der Waals surface area contributed by atoms with Crippen LogP contribution in [0.2, 0.25) is 0 Å². The van der Waals surface area contributed by atoms with E-state index in [4.69, 9.17) is 15.0 Å². The third-order valence-corrected chi connectivity index (χ3v) is 5.05. The van der Waals surface area contributed by atoms with Crippen molar-refractivity contribution >= 4 is 16.5 Å². The third kappa shape index (κ3) is 2.67. The average Bonchev–Trinajstić information content (AvgIpc) is 3.08. The van der Waals surface area contributed by atoms with Gasteiger partial charge in [0.2, 0.25) is 5.82 Å². The molecule has 1 aliphatic carbocycles. The third-order valence-electron chi connectivity index (χ3n) is 4.38. The normalized spacial score (nSPS) is 20.5. The molecule has 7 heteroatoms. The van der Waals surface area contributed by atoms with Crippen LogP contribution in [0.3, 0.4) is 0 Å². The molecule has 0 unspecified atom stereocenters. The van der Waals surface area contributed by atoms with Crippen LogP contribution in [0.15, 0.2) is 9.90 Å². The van der Waals surface area contributed by atoms with E-state index in [2.05, 4.69) is 29.0 Å². The van der Waals surface area contributed by atoms with Crippen molar-refractivity contribution < 1.29 is 9.26 Å². The number of nitrogens with zero attached hydrogens (tertiary/aromatic N) is 3. The van der Waals surface area contributed by atoms with Crippen molar-refractivity contribution in [1.29, 1.82) is 0 Å². The number of anilines is 1. The van der Waals surface area contributed by atoms with E-state index in [1.165, 1.54) is 11.3 Å². The molecule has 2 N–H and O–H groups in total. The molecule has 0 spiro atoms. The van der Waals surface area contributed by atoms with Crippen molar-refractivity contribution in [2.75, 3.05) is 12.8 Å². The highest BCUT2D eigenvalue weighted by Gasteiger charge is 2.43. The van der Waals surface area contributed by atoms with E-state index in [0.29, 0.717) is 28.0 Å². The van der Waals surface area contributed by atoms with Crippen molar-refractivity contribution in [2.24, 2.45) is 5.41 Å². The fourth-order valence-corrected chi connectivity index (χ4v) is 3.29. The van der Waals surface area contributed by atoms with E-state index in [1.807, 2.05) is 5.38 Å². The number of ether oxygens (including phenoxy) is 1. The molecule has 2 aromatic heterocycles. The van der Waals surface area contributed by atoms with Crippen molar-refractivity contribution in [2.45, 2.75) is 45.1 Å². The van der Waals surface area contributed by atoms with Gasteiger partial charge in [-0.25, -0.2) is 4.98 Å². The number of nitrogens with two attached hydrogens (primary N) is 1. The SMILES string of the molecule is COC1(c2noc(-c3csc(N)n3)n2)CCC(C)(C)CC1. The highest BCUT2D eigenvalue weighted by atomic mass is 32.1. The summed E-state index contributed by atoms with van der Waals surface area (Å²) in [6.45, 7) is 4.57. The van der Waals surface area contributed by atoms with Crippen LogP contribution in [-0.2, 0) is 10.3 Å². The topological polar surface area (TPSA) is 87.1 Å². The Bertz CT molecular complexity index is 624. The molecule has 2 aromatic rings. The minimum Gasteiger partial charge on any atom is -0.375 e. The van der Waals surface area contributed by atoms with Gasteiger partial charge in [0.1, 0.15) is 11.3 Å². The smallest absolute Gasteiger partial charge is 0.277 e. The molecule has 0 amide bonds. The van der Waals surface area contributed by atoms with Gasteiger partial charge in [-0.05, 0) is 31.1 Å². The van der Waals surface area contributed by atoms with Gasteiger partial charge in [-0.15, -0.1) is 11.3 Å². The van der Waals surface area contributed by atoms with Gasteiger partial charge >= 0.3 is 0 Å². The summed E-state index contributed by atoms with van der Waals surface area (Å²) in [5, 5.41) is 6.44. The Hall–Kier alpha value is -1.47. The summed E-state index contributed by atoms with van der Waals surface area (Å²) in [6.07, 6.45) is 3.95. The number of aromatic nitrogens is 3. The van der Waals surface area contributed by atoms with Crippen molar-refractivity contribution in [3.8, 4) is 11.6 Å². The highest BCUT2D eigenvalue weighted by molar-refractivity contribution is 7.13. The van der Waals surface area contributed by atoms with Gasteiger partial charge < -0.3 is 15.0 Å². The second kappa shape index (κ2) is 5.06. The van der Waals surface area contributed by atoms with E-state index in [1.54, 1.807) is 7.11 Å². The van der Waals surface area contributed by atoms with Crippen LogP contribution in [0.4, 0.5) is 5.13 Å². The molecular weight excluding hydrogens is 288 g/mol. The lowest BCUT2D eigenvalue weighted by Gasteiger charge is -2.40. The molecule has 6 nitrogen and oxygen atoms in total. The number of methoxy groups -OCH3 is 1. The van der Waals surface area contributed by atoms with Crippen LogP contribution in [-0.4, -0.2) is 22.2 Å². The Morgan fingerprint density at radius 3 is 2.52 bits per heavy atom. The van der Waals surface area contributed by atoms with Gasteiger partial charge in [0.05, 0.1) is 0 Å². The molecule has 1 fully saturated rings. The first kappa shape index (κ1) is 14.5.